The van der Waals surface area contributed by atoms with Gasteiger partial charge in [-0.25, -0.2) is 8.78 Å². The Labute approximate surface area is 192 Å². The lowest BCUT2D eigenvalue weighted by atomic mass is 10.1. The van der Waals surface area contributed by atoms with Crippen molar-refractivity contribution >= 4 is 34.3 Å². The standard InChI is InChI=1S/C23H21F2N5O2S/c24-14-7-8-20(18(25)10-14)27-21(31)13-33-23-29-28-22(30(23)12-15-4-3-9-32-15)17-11-26-19-6-2-1-5-16(17)19/h1-2,5-8,10-11,15,26H,3-4,9,12-13H2,(H,27,31). The molecule has 170 valence electrons. The van der Waals surface area contributed by atoms with E-state index >= 15 is 0 Å². The van der Waals surface area contributed by atoms with Crippen LogP contribution in [0.15, 0.2) is 53.8 Å². The van der Waals surface area contributed by atoms with E-state index in [0.717, 1.165) is 48.0 Å². The molecular weight excluding hydrogens is 448 g/mol. The predicted octanol–water partition coefficient (Wildman–Crippen LogP) is 4.61. The Morgan fingerprint density at radius 1 is 1.24 bits per heavy atom. The number of halogens is 2. The van der Waals surface area contributed by atoms with E-state index in [-0.39, 0.29) is 17.5 Å². The smallest absolute Gasteiger partial charge is 0.234 e. The molecule has 0 bridgehead atoms. The number of carbonyl (C=O) groups excluding carboxylic acids is 1. The SMILES string of the molecule is O=C(CSc1nnc(-c2c[nH]c3ccccc23)n1CC1CCCO1)Nc1ccc(F)cc1F. The van der Waals surface area contributed by atoms with Gasteiger partial charge < -0.3 is 15.0 Å². The highest BCUT2D eigenvalue weighted by Crippen LogP contribution is 2.31. The Kier molecular flexibility index (Phi) is 6.10. The van der Waals surface area contributed by atoms with E-state index < -0.39 is 17.5 Å². The van der Waals surface area contributed by atoms with Crippen molar-refractivity contribution in [2.24, 2.45) is 0 Å². The number of thioether (sulfide) groups is 1. The zero-order valence-corrected chi connectivity index (χ0v) is 18.4. The average Bonchev–Trinajstić information content (AvgIpc) is 3.55. The van der Waals surface area contributed by atoms with Crippen LogP contribution >= 0.6 is 11.8 Å². The third kappa shape index (κ3) is 4.62. The van der Waals surface area contributed by atoms with Crippen LogP contribution in [0.1, 0.15) is 12.8 Å². The molecular formula is C23H21F2N5O2S. The number of nitrogens with one attached hydrogen (secondary N) is 2. The molecule has 1 aliphatic heterocycles. The average molecular weight is 470 g/mol. The van der Waals surface area contributed by atoms with Gasteiger partial charge in [0, 0.05) is 35.3 Å². The highest BCUT2D eigenvalue weighted by molar-refractivity contribution is 7.99. The number of nitrogens with zero attached hydrogens (tertiary/aromatic N) is 3. The molecule has 1 fully saturated rings. The van der Waals surface area contributed by atoms with Crippen molar-refractivity contribution in [1.82, 2.24) is 19.7 Å². The van der Waals surface area contributed by atoms with E-state index in [1.807, 2.05) is 35.0 Å². The number of H-pyrrole nitrogens is 1. The number of anilines is 1. The summed E-state index contributed by atoms with van der Waals surface area (Å²) in [5.41, 5.74) is 1.84. The summed E-state index contributed by atoms with van der Waals surface area (Å²) in [6.45, 7) is 1.29. The topological polar surface area (TPSA) is 84.8 Å². The van der Waals surface area contributed by atoms with Gasteiger partial charge in [-0.1, -0.05) is 30.0 Å². The summed E-state index contributed by atoms with van der Waals surface area (Å²) in [6, 6.07) is 11.0. The molecule has 2 aromatic heterocycles. The minimum absolute atomic E-state index is 0.00560. The van der Waals surface area contributed by atoms with Gasteiger partial charge in [0.1, 0.15) is 11.6 Å². The Bertz CT molecular complexity index is 1300. The van der Waals surface area contributed by atoms with Crippen LogP contribution in [0.2, 0.25) is 0 Å². The number of benzene rings is 2. The zero-order valence-electron chi connectivity index (χ0n) is 17.6. The first-order valence-electron chi connectivity index (χ1n) is 10.6. The summed E-state index contributed by atoms with van der Waals surface area (Å²) < 4.78 is 34.7. The van der Waals surface area contributed by atoms with Crippen molar-refractivity contribution < 1.29 is 18.3 Å². The molecule has 10 heteroatoms. The maximum Gasteiger partial charge on any atom is 0.234 e. The van der Waals surface area contributed by atoms with E-state index in [1.54, 1.807) is 0 Å². The largest absolute Gasteiger partial charge is 0.376 e. The molecule has 5 rings (SSSR count). The summed E-state index contributed by atoms with van der Waals surface area (Å²) in [6.07, 6.45) is 3.90. The van der Waals surface area contributed by atoms with Gasteiger partial charge in [0.2, 0.25) is 5.91 Å². The first-order valence-corrected chi connectivity index (χ1v) is 11.6. The Balaban J connectivity index is 1.38. The molecule has 7 nitrogen and oxygen atoms in total. The van der Waals surface area contributed by atoms with Crippen molar-refractivity contribution in [1.29, 1.82) is 0 Å². The number of aromatic amines is 1. The van der Waals surface area contributed by atoms with Crippen LogP contribution in [0.25, 0.3) is 22.3 Å². The van der Waals surface area contributed by atoms with Gasteiger partial charge in [0.15, 0.2) is 11.0 Å². The third-order valence-electron chi connectivity index (χ3n) is 5.49. The van der Waals surface area contributed by atoms with Crippen molar-refractivity contribution in [2.45, 2.75) is 30.6 Å². The second-order valence-electron chi connectivity index (χ2n) is 7.76. The van der Waals surface area contributed by atoms with Gasteiger partial charge in [-0.05, 0) is 31.0 Å². The number of fused-ring (bicyclic) bond motifs is 1. The number of hydrogen-bond donors (Lipinski definition) is 2. The number of hydrogen-bond acceptors (Lipinski definition) is 5. The Morgan fingerprint density at radius 3 is 2.94 bits per heavy atom. The lowest BCUT2D eigenvalue weighted by Crippen LogP contribution is -2.18. The van der Waals surface area contributed by atoms with Gasteiger partial charge in [0.05, 0.1) is 24.1 Å². The molecule has 2 aromatic carbocycles. The molecule has 1 amide bonds. The van der Waals surface area contributed by atoms with Crippen LogP contribution in [0.4, 0.5) is 14.5 Å². The van der Waals surface area contributed by atoms with Crippen molar-refractivity contribution in [3.8, 4) is 11.4 Å². The summed E-state index contributed by atoms with van der Waals surface area (Å²) in [7, 11) is 0. The van der Waals surface area contributed by atoms with Gasteiger partial charge >= 0.3 is 0 Å². The molecule has 0 aliphatic carbocycles. The maximum atomic E-state index is 13.8. The number of amides is 1. The molecule has 0 radical (unpaired) electrons. The lowest BCUT2D eigenvalue weighted by molar-refractivity contribution is -0.113. The highest BCUT2D eigenvalue weighted by atomic mass is 32.2. The number of rotatable bonds is 7. The number of aromatic nitrogens is 4. The fourth-order valence-corrected chi connectivity index (χ4v) is 4.66. The van der Waals surface area contributed by atoms with E-state index in [4.69, 9.17) is 4.74 Å². The van der Waals surface area contributed by atoms with Crippen LogP contribution in [0.3, 0.4) is 0 Å². The van der Waals surface area contributed by atoms with E-state index in [9.17, 15) is 13.6 Å². The Morgan fingerprint density at radius 2 is 2.12 bits per heavy atom. The zero-order chi connectivity index (χ0) is 22.8. The monoisotopic (exact) mass is 469 g/mol. The molecule has 3 heterocycles. The Hall–Kier alpha value is -3.24. The second-order valence-corrected chi connectivity index (χ2v) is 8.70. The van der Waals surface area contributed by atoms with Gasteiger partial charge in [-0.15, -0.1) is 10.2 Å². The van der Waals surface area contributed by atoms with E-state index in [2.05, 4.69) is 20.5 Å². The highest BCUT2D eigenvalue weighted by Gasteiger charge is 2.23. The number of carbonyl (C=O) groups is 1. The minimum atomic E-state index is -0.823. The molecule has 4 aromatic rings. The van der Waals surface area contributed by atoms with E-state index in [1.165, 1.54) is 17.8 Å². The van der Waals surface area contributed by atoms with Crippen molar-refractivity contribution in [3.05, 3.63) is 60.3 Å². The summed E-state index contributed by atoms with van der Waals surface area (Å²) in [4.78, 5) is 15.7. The molecule has 0 spiro atoms. The fraction of sp³-hybridized carbons (Fsp3) is 0.261. The van der Waals surface area contributed by atoms with Gasteiger partial charge in [-0.2, -0.15) is 0 Å². The number of ether oxygens (including phenoxy) is 1. The molecule has 1 aliphatic rings. The van der Waals surface area contributed by atoms with Crippen LogP contribution in [0, 0.1) is 11.6 Å². The van der Waals surface area contributed by atoms with Crippen LogP contribution < -0.4 is 5.32 Å². The summed E-state index contributed by atoms with van der Waals surface area (Å²) in [5.74, 6) is -1.27. The molecule has 33 heavy (non-hydrogen) atoms. The van der Waals surface area contributed by atoms with Gasteiger partial charge in [0.25, 0.3) is 0 Å². The quantitative estimate of drug-likeness (QED) is 0.386. The van der Waals surface area contributed by atoms with Crippen LogP contribution in [0.5, 0.6) is 0 Å². The molecule has 1 atom stereocenters. The summed E-state index contributed by atoms with van der Waals surface area (Å²) in [5, 5.41) is 12.8. The molecule has 2 N–H and O–H groups in total. The predicted molar refractivity (Wildman–Crippen MR) is 122 cm³/mol. The maximum absolute atomic E-state index is 13.8. The van der Waals surface area contributed by atoms with Crippen molar-refractivity contribution in [3.63, 3.8) is 0 Å². The van der Waals surface area contributed by atoms with Crippen LogP contribution in [-0.2, 0) is 16.1 Å². The summed E-state index contributed by atoms with van der Waals surface area (Å²) >= 11 is 1.21. The lowest BCUT2D eigenvalue weighted by Gasteiger charge is -2.14. The minimum Gasteiger partial charge on any atom is -0.376 e. The number of para-hydroxylation sites is 1. The second kappa shape index (κ2) is 9.32. The molecule has 0 saturated carbocycles. The third-order valence-corrected chi connectivity index (χ3v) is 6.46. The first kappa shape index (κ1) is 21.6. The first-order chi connectivity index (χ1) is 16.1. The van der Waals surface area contributed by atoms with Gasteiger partial charge in [-0.3, -0.25) is 9.36 Å². The fourth-order valence-electron chi connectivity index (χ4n) is 3.92. The molecule has 1 unspecified atom stereocenters. The van der Waals surface area contributed by atoms with Crippen molar-refractivity contribution in [2.75, 3.05) is 17.7 Å². The van der Waals surface area contributed by atoms with E-state index in [0.29, 0.717) is 17.5 Å². The van der Waals surface area contributed by atoms with Crippen LogP contribution in [-0.4, -0.2) is 44.1 Å². The molecule has 1 saturated heterocycles. The normalized spacial score (nSPS) is 15.9.